The minimum absolute atomic E-state index is 0.447. The second kappa shape index (κ2) is 10.2. The maximum atomic E-state index is 6.17. The van der Waals surface area contributed by atoms with E-state index in [0.717, 1.165) is 26.9 Å². The first-order valence-electron chi connectivity index (χ1n) is 9.69. The lowest BCUT2D eigenvalue weighted by atomic mass is 10.1. The van der Waals surface area contributed by atoms with Gasteiger partial charge in [0.05, 0.1) is 17.2 Å². The summed E-state index contributed by atoms with van der Waals surface area (Å²) >= 11 is 15.9. The summed E-state index contributed by atoms with van der Waals surface area (Å²) in [7, 11) is 0. The molecular formula is C25H19BrCl2N2O. The molecule has 0 spiro atoms. The van der Waals surface area contributed by atoms with Gasteiger partial charge in [0.15, 0.2) is 0 Å². The monoisotopic (exact) mass is 512 g/mol. The van der Waals surface area contributed by atoms with Gasteiger partial charge in [-0.15, -0.1) is 0 Å². The first-order valence-corrected chi connectivity index (χ1v) is 11.2. The second-order valence-corrected chi connectivity index (χ2v) is 8.58. The summed E-state index contributed by atoms with van der Waals surface area (Å²) in [6.07, 6.45) is 1.74. The fourth-order valence-corrected chi connectivity index (χ4v) is 4.28. The molecule has 0 aromatic heterocycles. The quantitative estimate of drug-likeness (QED) is 0.204. The molecule has 0 amide bonds. The number of rotatable bonds is 7. The third kappa shape index (κ3) is 5.40. The molecule has 0 fully saturated rings. The van der Waals surface area contributed by atoms with Crippen molar-refractivity contribution in [2.75, 3.05) is 0 Å². The van der Waals surface area contributed by atoms with E-state index in [4.69, 9.17) is 27.9 Å². The Hall–Kier alpha value is -2.53. The van der Waals surface area contributed by atoms with Crippen LogP contribution >= 0.6 is 39.1 Å². The van der Waals surface area contributed by atoms with E-state index in [1.54, 1.807) is 6.21 Å². The third-order valence-corrected chi connectivity index (χ3v) is 6.17. The van der Waals surface area contributed by atoms with Gasteiger partial charge in [-0.25, -0.2) is 0 Å². The van der Waals surface area contributed by atoms with Crippen molar-refractivity contribution < 1.29 is 4.74 Å². The summed E-state index contributed by atoms with van der Waals surface area (Å²) in [5.74, 6) is 0.779. The number of benzene rings is 4. The number of nitrogens with zero attached hydrogens (tertiary/aromatic N) is 1. The van der Waals surface area contributed by atoms with Crippen molar-refractivity contribution in [3.8, 4) is 5.75 Å². The van der Waals surface area contributed by atoms with Crippen LogP contribution in [-0.4, -0.2) is 6.21 Å². The van der Waals surface area contributed by atoms with Crippen molar-refractivity contribution in [2.24, 2.45) is 5.10 Å². The van der Waals surface area contributed by atoms with Crippen LogP contribution in [0.15, 0.2) is 88.4 Å². The lowest BCUT2D eigenvalue weighted by Gasteiger charge is -2.11. The highest BCUT2D eigenvalue weighted by Gasteiger charge is 2.06. The molecule has 4 aromatic rings. The van der Waals surface area contributed by atoms with E-state index in [9.17, 15) is 0 Å². The summed E-state index contributed by atoms with van der Waals surface area (Å²) in [5.41, 5.74) is 5.89. The fourth-order valence-electron chi connectivity index (χ4n) is 3.23. The Bertz CT molecular complexity index is 1220. The van der Waals surface area contributed by atoms with Crippen LogP contribution < -0.4 is 10.2 Å². The van der Waals surface area contributed by atoms with Crippen LogP contribution in [0.4, 0.5) is 0 Å². The highest BCUT2D eigenvalue weighted by molar-refractivity contribution is 9.10. The Morgan fingerprint density at radius 3 is 2.45 bits per heavy atom. The van der Waals surface area contributed by atoms with Crippen molar-refractivity contribution in [1.82, 2.24) is 5.43 Å². The van der Waals surface area contributed by atoms with Crippen molar-refractivity contribution in [1.29, 1.82) is 0 Å². The molecule has 0 aliphatic rings. The van der Waals surface area contributed by atoms with E-state index in [-0.39, 0.29) is 0 Å². The molecule has 31 heavy (non-hydrogen) atoms. The lowest BCUT2D eigenvalue weighted by Crippen LogP contribution is -2.06. The van der Waals surface area contributed by atoms with E-state index < -0.39 is 0 Å². The molecule has 0 unspecified atom stereocenters. The molecule has 0 atom stereocenters. The molecule has 0 heterocycles. The average molecular weight is 514 g/mol. The first kappa shape index (κ1) is 21.7. The molecule has 4 aromatic carbocycles. The van der Waals surface area contributed by atoms with Gasteiger partial charge in [0, 0.05) is 15.6 Å². The van der Waals surface area contributed by atoms with Crippen LogP contribution in [-0.2, 0) is 13.2 Å². The molecule has 0 saturated carbocycles. The van der Waals surface area contributed by atoms with Gasteiger partial charge in [-0.1, -0.05) is 71.7 Å². The van der Waals surface area contributed by atoms with Crippen molar-refractivity contribution in [3.05, 3.63) is 110 Å². The molecule has 0 aliphatic heterocycles. The second-order valence-electron chi connectivity index (χ2n) is 6.91. The van der Waals surface area contributed by atoms with Gasteiger partial charge in [-0.3, -0.25) is 0 Å². The zero-order valence-corrected chi connectivity index (χ0v) is 19.6. The highest BCUT2D eigenvalue weighted by Crippen LogP contribution is 2.28. The van der Waals surface area contributed by atoms with Crippen molar-refractivity contribution in [2.45, 2.75) is 13.2 Å². The Kier molecular flexibility index (Phi) is 7.13. The highest BCUT2D eigenvalue weighted by atomic mass is 79.9. The number of fused-ring (bicyclic) bond motifs is 1. The number of hydrogen-bond donors (Lipinski definition) is 1. The summed E-state index contributed by atoms with van der Waals surface area (Å²) in [4.78, 5) is 0. The van der Waals surface area contributed by atoms with Crippen molar-refractivity contribution >= 4 is 56.1 Å². The zero-order valence-electron chi connectivity index (χ0n) is 16.5. The summed E-state index contributed by atoms with van der Waals surface area (Å²) in [6.45, 7) is 0.940. The standard InChI is InChI=1S/C25H19BrCl2N2O/c26-22-13-17(14-29-30-15-21-23(27)9-4-10-24(21)28)11-12-25(22)31-16-19-7-3-6-18-5-1-2-8-20(18)19/h1-14,30H,15-16H2/b29-14+. The van der Waals surface area contributed by atoms with Crippen molar-refractivity contribution in [3.63, 3.8) is 0 Å². The molecule has 0 saturated heterocycles. The Morgan fingerprint density at radius 1 is 0.903 bits per heavy atom. The number of ether oxygens (including phenoxy) is 1. The van der Waals surface area contributed by atoms with Gasteiger partial charge in [-0.05, 0) is 68.2 Å². The summed E-state index contributed by atoms with van der Waals surface area (Å²) < 4.78 is 6.93. The van der Waals surface area contributed by atoms with E-state index >= 15 is 0 Å². The van der Waals surface area contributed by atoms with Gasteiger partial charge in [0.2, 0.25) is 0 Å². The minimum atomic E-state index is 0.447. The molecule has 3 nitrogen and oxygen atoms in total. The topological polar surface area (TPSA) is 33.6 Å². The predicted octanol–water partition coefficient (Wildman–Crippen LogP) is 7.61. The number of nitrogens with one attached hydrogen (secondary N) is 1. The number of halogens is 3. The smallest absolute Gasteiger partial charge is 0.134 e. The first-order chi connectivity index (χ1) is 15.1. The van der Waals surface area contributed by atoms with Gasteiger partial charge in [0.25, 0.3) is 0 Å². The minimum Gasteiger partial charge on any atom is -0.488 e. The molecular weight excluding hydrogens is 495 g/mol. The van der Waals surface area contributed by atoms with Crippen LogP contribution in [0, 0.1) is 0 Å². The van der Waals surface area contributed by atoms with E-state index in [0.29, 0.717) is 23.2 Å². The maximum Gasteiger partial charge on any atom is 0.134 e. The van der Waals surface area contributed by atoms with Crippen LogP contribution in [0.2, 0.25) is 10.0 Å². The molecule has 156 valence electrons. The predicted molar refractivity (Wildman–Crippen MR) is 133 cm³/mol. The van der Waals surface area contributed by atoms with Gasteiger partial charge in [0.1, 0.15) is 12.4 Å². The van der Waals surface area contributed by atoms with Crippen LogP contribution in [0.5, 0.6) is 5.75 Å². The maximum absolute atomic E-state index is 6.17. The van der Waals surface area contributed by atoms with E-state index in [2.05, 4.69) is 56.8 Å². The molecule has 0 aliphatic carbocycles. The molecule has 0 bridgehead atoms. The summed E-state index contributed by atoms with van der Waals surface area (Å²) in [5, 5.41) is 7.91. The molecule has 1 N–H and O–H groups in total. The largest absolute Gasteiger partial charge is 0.488 e. The Balaban J connectivity index is 1.38. The number of hydrogen-bond acceptors (Lipinski definition) is 3. The van der Waals surface area contributed by atoms with Gasteiger partial charge >= 0.3 is 0 Å². The van der Waals surface area contributed by atoms with E-state index in [1.165, 1.54) is 10.8 Å². The molecule has 0 radical (unpaired) electrons. The van der Waals surface area contributed by atoms with Crippen LogP contribution in [0.25, 0.3) is 10.8 Å². The van der Waals surface area contributed by atoms with Crippen LogP contribution in [0.3, 0.4) is 0 Å². The van der Waals surface area contributed by atoms with Crippen LogP contribution in [0.1, 0.15) is 16.7 Å². The Labute approximate surface area is 199 Å². The van der Waals surface area contributed by atoms with Gasteiger partial charge in [-0.2, -0.15) is 5.10 Å². The zero-order chi connectivity index (χ0) is 21.6. The average Bonchev–Trinajstić information content (AvgIpc) is 2.77. The third-order valence-electron chi connectivity index (χ3n) is 4.84. The van der Waals surface area contributed by atoms with E-state index in [1.807, 2.05) is 48.5 Å². The normalized spacial score (nSPS) is 11.2. The SMILES string of the molecule is Clc1cccc(Cl)c1CN/N=C/c1ccc(OCc2cccc3ccccc23)c(Br)c1. The molecule has 4 rings (SSSR count). The molecule has 6 heteroatoms. The lowest BCUT2D eigenvalue weighted by molar-refractivity contribution is 0.305. The Morgan fingerprint density at radius 2 is 1.65 bits per heavy atom. The fraction of sp³-hybridized carbons (Fsp3) is 0.0800. The van der Waals surface area contributed by atoms with Gasteiger partial charge < -0.3 is 10.2 Å². The summed E-state index contributed by atoms with van der Waals surface area (Å²) in [6, 6.07) is 25.9. The number of hydrazone groups is 1.